The molecule has 0 aliphatic rings. The molecule has 2 heteroatoms. The van der Waals surface area contributed by atoms with E-state index in [1.165, 1.54) is 71.2 Å². The Hall–Kier alpha value is -8.46. The van der Waals surface area contributed by atoms with Crippen LogP contribution in [0.5, 0.6) is 0 Å². The average molecular weight is 815 g/mol. The van der Waals surface area contributed by atoms with Crippen molar-refractivity contribution in [3.8, 4) is 50.2 Å². The van der Waals surface area contributed by atoms with Crippen molar-refractivity contribution in [2.75, 3.05) is 4.90 Å². The molecule has 0 aliphatic carbocycles. The van der Waals surface area contributed by atoms with Crippen LogP contribution < -0.4 is 4.90 Å². The molecule has 0 fully saturated rings. The van der Waals surface area contributed by atoms with Crippen molar-refractivity contribution >= 4 is 60.4 Å². The number of aromatic nitrogens is 1. The maximum atomic E-state index is 2.43. The Morgan fingerprint density at radius 2 is 0.781 bits per heavy atom. The minimum Gasteiger partial charge on any atom is -0.310 e. The Bertz CT molecular complexity index is 3620. The molecule has 0 saturated heterocycles. The second-order valence-electron chi connectivity index (χ2n) is 16.5. The fourth-order valence-corrected chi connectivity index (χ4v) is 9.64. The maximum Gasteiger partial charge on any atom is 0.0541 e. The summed E-state index contributed by atoms with van der Waals surface area (Å²) in [5, 5.41) is 7.42. The van der Waals surface area contributed by atoms with E-state index in [1.54, 1.807) is 0 Å². The fourth-order valence-electron chi connectivity index (χ4n) is 9.64. The minimum atomic E-state index is 1.08. The Labute approximate surface area is 373 Å². The number of hydrogen-bond acceptors (Lipinski definition) is 1. The second-order valence-corrected chi connectivity index (χ2v) is 16.5. The first-order valence-electron chi connectivity index (χ1n) is 22.0. The number of nitrogens with zero attached hydrogens (tertiary/aromatic N) is 2. The van der Waals surface area contributed by atoms with E-state index in [9.17, 15) is 0 Å². The van der Waals surface area contributed by atoms with Crippen LogP contribution >= 0.6 is 0 Å². The number of fused-ring (bicyclic) bond motifs is 5. The quantitative estimate of drug-likeness (QED) is 0.148. The van der Waals surface area contributed by atoms with E-state index >= 15 is 0 Å². The Balaban J connectivity index is 1.00. The molecule has 2 nitrogen and oxygen atoms in total. The molecule has 0 amide bonds. The lowest BCUT2D eigenvalue weighted by Gasteiger charge is -2.29. The molecule has 0 unspecified atom stereocenters. The van der Waals surface area contributed by atoms with Gasteiger partial charge in [-0.15, -0.1) is 0 Å². The summed E-state index contributed by atoms with van der Waals surface area (Å²) < 4.78 is 2.43. The van der Waals surface area contributed by atoms with E-state index in [0.29, 0.717) is 0 Å². The van der Waals surface area contributed by atoms with Gasteiger partial charge in [0.05, 0.1) is 22.4 Å². The molecule has 1 aromatic heterocycles. The van der Waals surface area contributed by atoms with E-state index in [0.717, 1.165) is 39.4 Å². The van der Waals surface area contributed by atoms with Crippen LogP contribution in [0, 0.1) is 0 Å². The third-order valence-corrected chi connectivity index (χ3v) is 12.8. The molecule has 300 valence electrons. The number of benzene rings is 11. The summed E-state index contributed by atoms with van der Waals surface area (Å²) >= 11 is 0. The molecular formula is C62H42N2. The average Bonchev–Trinajstić information content (AvgIpc) is 3.71. The summed E-state index contributed by atoms with van der Waals surface area (Å²) in [4.78, 5) is 2.42. The van der Waals surface area contributed by atoms with Gasteiger partial charge >= 0.3 is 0 Å². The molecule has 0 spiro atoms. The first kappa shape index (κ1) is 37.3. The standard InChI is InChI=1S/C62H42N2/c1-2-17-46(18-3-1)58-42-52(55-23-8-11-26-59(55)64-60-27-12-9-24-56(60)57-25-10-13-28-61(57)64)34-38-62(58)63(54-37-33-44-16-5-7-20-50(44)41-54)53-35-31-45(32-36-53)48-21-14-22-49(39-48)51-30-29-43-15-4-6-19-47(43)40-51/h1-42H. The van der Waals surface area contributed by atoms with E-state index in [4.69, 9.17) is 0 Å². The van der Waals surface area contributed by atoms with E-state index in [-0.39, 0.29) is 0 Å². The van der Waals surface area contributed by atoms with Gasteiger partial charge in [-0.05, 0) is 122 Å². The zero-order valence-electron chi connectivity index (χ0n) is 35.1. The molecule has 0 bridgehead atoms. The molecule has 0 N–H and O–H groups in total. The Kier molecular flexibility index (Phi) is 9.20. The number of para-hydroxylation sites is 3. The van der Waals surface area contributed by atoms with Crippen LogP contribution in [-0.2, 0) is 0 Å². The molecule has 64 heavy (non-hydrogen) atoms. The van der Waals surface area contributed by atoms with Gasteiger partial charge in [0.25, 0.3) is 0 Å². The summed E-state index contributed by atoms with van der Waals surface area (Å²) in [5.41, 5.74) is 16.2. The lowest BCUT2D eigenvalue weighted by molar-refractivity contribution is 1.18. The van der Waals surface area contributed by atoms with Gasteiger partial charge in [-0.3, -0.25) is 0 Å². The molecule has 0 atom stereocenters. The first-order chi connectivity index (χ1) is 31.7. The van der Waals surface area contributed by atoms with Crippen LogP contribution in [0.4, 0.5) is 17.1 Å². The minimum absolute atomic E-state index is 1.08. The predicted molar refractivity (Wildman–Crippen MR) is 272 cm³/mol. The van der Waals surface area contributed by atoms with E-state index in [2.05, 4.69) is 264 Å². The van der Waals surface area contributed by atoms with Gasteiger partial charge in [-0.25, -0.2) is 0 Å². The zero-order chi connectivity index (χ0) is 42.4. The fraction of sp³-hybridized carbons (Fsp3) is 0. The van der Waals surface area contributed by atoms with Crippen LogP contribution in [0.2, 0.25) is 0 Å². The van der Waals surface area contributed by atoms with Gasteiger partial charge in [0.1, 0.15) is 0 Å². The van der Waals surface area contributed by atoms with Crippen molar-refractivity contribution < 1.29 is 0 Å². The molecule has 0 radical (unpaired) electrons. The molecule has 0 saturated carbocycles. The number of anilines is 3. The van der Waals surface area contributed by atoms with Gasteiger partial charge in [0, 0.05) is 33.3 Å². The van der Waals surface area contributed by atoms with Crippen LogP contribution in [0.15, 0.2) is 255 Å². The molecular weight excluding hydrogens is 773 g/mol. The first-order valence-corrected chi connectivity index (χ1v) is 22.0. The van der Waals surface area contributed by atoms with Crippen molar-refractivity contribution in [3.05, 3.63) is 255 Å². The van der Waals surface area contributed by atoms with Crippen molar-refractivity contribution in [3.63, 3.8) is 0 Å². The third-order valence-electron chi connectivity index (χ3n) is 12.8. The second kappa shape index (κ2) is 15.8. The lowest BCUT2D eigenvalue weighted by Crippen LogP contribution is -2.11. The maximum absolute atomic E-state index is 2.43. The molecule has 11 aromatic carbocycles. The lowest BCUT2D eigenvalue weighted by atomic mass is 9.95. The monoisotopic (exact) mass is 814 g/mol. The van der Waals surface area contributed by atoms with Crippen molar-refractivity contribution in [1.29, 1.82) is 0 Å². The highest BCUT2D eigenvalue weighted by Gasteiger charge is 2.21. The number of hydrogen-bond donors (Lipinski definition) is 0. The topological polar surface area (TPSA) is 8.17 Å². The smallest absolute Gasteiger partial charge is 0.0541 e. The van der Waals surface area contributed by atoms with Crippen molar-refractivity contribution in [2.24, 2.45) is 0 Å². The summed E-state index contributed by atoms with van der Waals surface area (Å²) in [6.07, 6.45) is 0. The highest BCUT2D eigenvalue weighted by atomic mass is 15.1. The third kappa shape index (κ3) is 6.61. The molecule has 1 heterocycles. The Morgan fingerprint density at radius 3 is 1.52 bits per heavy atom. The summed E-state index contributed by atoms with van der Waals surface area (Å²) in [6.45, 7) is 0. The van der Waals surface area contributed by atoms with Gasteiger partial charge in [0.2, 0.25) is 0 Å². The molecule has 12 aromatic rings. The van der Waals surface area contributed by atoms with Crippen molar-refractivity contribution in [2.45, 2.75) is 0 Å². The predicted octanol–water partition coefficient (Wildman–Crippen LogP) is 17.2. The summed E-state index contributed by atoms with van der Waals surface area (Å²) in [5.74, 6) is 0. The van der Waals surface area contributed by atoms with Gasteiger partial charge < -0.3 is 9.47 Å². The molecule has 12 rings (SSSR count). The van der Waals surface area contributed by atoms with E-state index < -0.39 is 0 Å². The summed E-state index contributed by atoms with van der Waals surface area (Å²) in [6, 6.07) is 92.8. The highest BCUT2D eigenvalue weighted by Crippen LogP contribution is 2.45. The Morgan fingerprint density at radius 1 is 0.266 bits per heavy atom. The molecule has 0 aliphatic heterocycles. The van der Waals surface area contributed by atoms with Crippen LogP contribution in [0.1, 0.15) is 0 Å². The SMILES string of the molecule is c1ccc(-c2cc(-c3ccccc3-n3c4ccccc4c4ccccc43)ccc2N(c2ccc(-c3cccc(-c4ccc5ccccc5c4)c3)cc2)c2ccc3ccccc3c2)cc1. The zero-order valence-corrected chi connectivity index (χ0v) is 35.1. The van der Waals surface area contributed by atoms with Gasteiger partial charge in [0.15, 0.2) is 0 Å². The van der Waals surface area contributed by atoms with Crippen LogP contribution in [0.3, 0.4) is 0 Å². The van der Waals surface area contributed by atoms with Crippen LogP contribution in [-0.4, -0.2) is 4.57 Å². The van der Waals surface area contributed by atoms with Crippen molar-refractivity contribution in [1.82, 2.24) is 4.57 Å². The highest BCUT2D eigenvalue weighted by molar-refractivity contribution is 6.10. The normalized spacial score (nSPS) is 11.4. The van der Waals surface area contributed by atoms with Gasteiger partial charge in [-0.2, -0.15) is 0 Å². The largest absolute Gasteiger partial charge is 0.310 e. The number of rotatable bonds is 8. The summed E-state index contributed by atoms with van der Waals surface area (Å²) in [7, 11) is 0. The van der Waals surface area contributed by atoms with E-state index in [1.807, 2.05) is 0 Å². The van der Waals surface area contributed by atoms with Gasteiger partial charge in [-0.1, -0.05) is 188 Å². The van der Waals surface area contributed by atoms with Crippen LogP contribution in [0.25, 0.3) is 93.5 Å².